The first-order valence-electron chi connectivity index (χ1n) is 8.49. The summed E-state index contributed by atoms with van der Waals surface area (Å²) >= 11 is 0. The zero-order chi connectivity index (χ0) is 16.7. The third-order valence-corrected chi connectivity index (χ3v) is 5.26. The first kappa shape index (κ1) is 16.6. The molecule has 0 amide bonds. The van der Waals surface area contributed by atoms with Crippen LogP contribution in [-0.4, -0.2) is 43.5 Å². The molecule has 2 saturated heterocycles. The summed E-state index contributed by atoms with van der Waals surface area (Å²) in [5.41, 5.74) is 0.120. The van der Waals surface area contributed by atoms with E-state index in [0.717, 1.165) is 24.4 Å². The van der Waals surface area contributed by atoms with E-state index >= 15 is 0 Å². The number of nitrogens with zero attached hydrogens (tertiary/aromatic N) is 2. The summed E-state index contributed by atoms with van der Waals surface area (Å²) < 4.78 is 17.8. The Balaban J connectivity index is 1.86. The van der Waals surface area contributed by atoms with Crippen LogP contribution < -0.4 is 15.1 Å². The lowest BCUT2D eigenvalue weighted by molar-refractivity contribution is 0.00578. The maximum absolute atomic E-state index is 6.12. The molecule has 0 bridgehead atoms. The molecule has 3 rings (SSSR count). The normalized spacial score (nSPS) is 23.2. The molecule has 3 heterocycles. The highest BCUT2D eigenvalue weighted by molar-refractivity contribution is 6.63. The molecule has 0 spiro atoms. The summed E-state index contributed by atoms with van der Waals surface area (Å²) in [6.45, 7) is 10.3. The minimum Gasteiger partial charge on any atom is -0.481 e. The van der Waals surface area contributed by atoms with Crippen LogP contribution in [0.3, 0.4) is 0 Å². The molecular weight excluding hydrogens is 291 g/mol. The summed E-state index contributed by atoms with van der Waals surface area (Å²) in [6, 6.07) is 4.08. The van der Waals surface area contributed by atoms with Crippen molar-refractivity contribution in [2.45, 2.75) is 58.2 Å². The van der Waals surface area contributed by atoms with E-state index in [4.69, 9.17) is 19.0 Å². The molecule has 0 radical (unpaired) electrons. The fourth-order valence-electron chi connectivity index (χ4n) is 3.05. The standard InChI is InChI=1S/C17H27BN2O3/c1-16(2)17(3,4)23-18(22-16)13-9-10-14(19-15(13)21-5)20-11-7-6-8-12-20/h9-10H,6-8,11-12H2,1-5H3. The van der Waals surface area contributed by atoms with Gasteiger partial charge in [-0.15, -0.1) is 0 Å². The van der Waals surface area contributed by atoms with Gasteiger partial charge >= 0.3 is 7.12 Å². The van der Waals surface area contributed by atoms with E-state index < -0.39 is 7.12 Å². The second kappa shape index (κ2) is 5.98. The molecule has 23 heavy (non-hydrogen) atoms. The van der Waals surface area contributed by atoms with E-state index in [0.29, 0.717) is 5.88 Å². The zero-order valence-corrected chi connectivity index (χ0v) is 14.9. The number of rotatable bonds is 3. The van der Waals surface area contributed by atoms with Crippen molar-refractivity contribution in [3.63, 3.8) is 0 Å². The SMILES string of the molecule is COc1nc(N2CCCCC2)ccc1B1OC(C)(C)C(C)(C)O1. The maximum atomic E-state index is 6.12. The monoisotopic (exact) mass is 318 g/mol. The number of piperidine rings is 1. The molecular formula is C17H27BN2O3. The van der Waals surface area contributed by atoms with Gasteiger partial charge in [0, 0.05) is 18.6 Å². The lowest BCUT2D eigenvalue weighted by Crippen LogP contribution is -2.41. The van der Waals surface area contributed by atoms with Crippen molar-refractivity contribution >= 4 is 18.4 Å². The van der Waals surface area contributed by atoms with Crippen molar-refractivity contribution in [1.82, 2.24) is 4.98 Å². The minimum absolute atomic E-state index is 0.367. The molecule has 0 aromatic carbocycles. The number of methoxy groups -OCH3 is 1. The Labute approximate surface area is 139 Å². The number of ether oxygens (including phenoxy) is 1. The van der Waals surface area contributed by atoms with Crippen LogP contribution in [0.25, 0.3) is 0 Å². The first-order valence-corrected chi connectivity index (χ1v) is 8.49. The van der Waals surface area contributed by atoms with Gasteiger partial charge in [-0.1, -0.05) is 6.07 Å². The second-order valence-electron chi connectivity index (χ2n) is 7.40. The van der Waals surface area contributed by atoms with Gasteiger partial charge in [-0.05, 0) is 53.0 Å². The van der Waals surface area contributed by atoms with Crippen LogP contribution in [0.4, 0.5) is 5.82 Å². The fraction of sp³-hybridized carbons (Fsp3) is 0.706. The second-order valence-corrected chi connectivity index (χ2v) is 7.40. The van der Waals surface area contributed by atoms with Gasteiger partial charge in [0.05, 0.1) is 18.3 Å². The first-order chi connectivity index (χ1) is 10.8. The predicted molar refractivity (Wildman–Crippen MR) is 92.6 cm³/mol. The van der Waals surface area contributed by atoms with Crippen LogP contribution in [0.5, 0.6) is 5.88 Å². The van der Waals surface area contributed by atoms with Crippen LogP contribution in [0.15, 0.2) is 12.1 Å². The fourth-order valence-corrected chi connectivity index (χ4v) is 3.05. The molecule has 0 N–H and O–H groups in total. The number of aromatic nitrogens is 1. The predicted octanol–water partition coefficient (Wildman–Crippen LogP) is 2.38. The number of anilines is 1. The van der Waals surface area contributed by atoms with Gasteiger partial charge in [-0.25, -0.2) is 0 Å². The molecule has 6 heteroatoms. The van der Waals surface area contributed by atoms with Crippen LogP contribution in [-0.2, 0) is 9.31 Å². The third-order valence-electron chi connectivity index (χ3n) is 5.26. The van der Waals surface area contributed by atoms with Crippen LogP contribution in [0.2, 0.25) is 0 Å². The summed E-state index contributed by atoms with van der Waals surface area (Å²) in [5.74, 6) is 1.56. The van der Waals surface area contributed by atoms with Gasteiger partial charge in [0.15, 0.2) is 0 Å². The van der Waals surface area contributed by atoms with Crippen molar-refractivity contribution < 1.29 is 14.0 Å². The minimum atomic E-state index is -0.446. The summed E-state index contributed by atoms with van der Waals surface area (Å²) in [7, 11) is 1.20. The molecule has 0 atom stereocenters. The van der Waals surface area contributed by atoms with Gasteiger partial charge < -0.3 is 18.9 Å². The van der Waals surface area contributed by atoms with Crippen LogP contribution in [0, 0.1) is 0 Å². The number of hydrogen-bond donors (Lipinski definition) is 0. The van der Waals surface area contributed by atoms with E-state index in [1.165, 1.54) is 19.3 Å². The Morgan fingerprint density at radius 2 is 1.65 bits per heavy atom. The average Bonchev–Trinajstić information content (AvgIpc) is 2.75. The largest absolute Gasteiger partial charge is 0.500 e. The Hall–Kier alpha value is -1.27. The average molecular weight is 318 g/mol. The summed E-state index contributed by atoms with van der Waals surface area (Å²) in [6.07, 6.45) is 3.76. The maximum Gasteiger partial charge on any atom is 0.500 e. The molecule has 126 valence electrons. The molecule has 0 aliphatic carbocycles. The zero-order valence-electron chi connectivity index (χ0n) is 14.9. The van der Waals surface area contributed by atoms with E-state index in [1.54, 1.807) is 7.11 Å². The van der Waals surface area contributed by atoms with Crippen molar-refractivity contribution in [1.29, 1.82) is 0 Å². The molecule has 0 unspecified atom stereocenters. The summed E-state index contributed by atoms with van der Waals surface area (Å²) in [5, 5.41) is 0. The van der Waals surface area contributed by atoms with Crippen LogP contribution in [0.1, 0.15) is 47.0 Å². The van der Waals surface area contributed by atoms with Gasteiger partial charge in [0.2, 0.25) is 5.88 Å². The quantitative estimate of drug-likeness (QED) is 0.801. The smallest absolute Gasteiger partial charge is 0.481 e. The summed E-state index contributed by atoms with van der Waals surface area (Å²) in [4.78, 5) is 7.02. The third kappa shape index (κ3) is 3.06. The molecule has 2 aliphatic rings. The molecule has 5 nitrogen and oxygen atoms in total. The lowest BCUT2D eigenvalue weighted by Gasteiger charge is -2.32. The Bertz CT molecular complexity index is 555. The van der Waals surface area contributed by atoms with Gasteiger partial charge in [-0.3, -0.25) is 0 Å². The number of pyridine rings is 1. The van der Waals surface area contributed by atoms with Crippen molar-refractivity contribution in [2.24, 2.45) is 0 Å². The van der Waals surface area contributed by atoms with Crippen molar-refractivity contribution in [2.75, 3.05) is 25.1 Å². The molecule has 2 fully saturated rings. The van der Waals surface area contributed by atoms with E-state index in [1.807, 2.05) is 12.1 Å². The Morgan fingerprint density at radius 1 is 1.04 bits per heavy atom. The highest BCUT2D eigenvalue weighted by Crippen LogP contribution is 2.37. The van der Waals surface area contributed by atoms with Gasteiger partial charge in [0.25, 0.3) is 0 Å². The molecule has 1 aromatic heterocycles. The van der Waals surface area contributed by atoms with E-state index in [2.05, 4.69) is 32.6 Å². The van der Waals surface area contributed by atoms with Crippen LogP contribution >= 0.6 is 0 Å². The molecule has 1 aromatic rings. The lowest BCUT2D eigenvalue weighted by atomic mass is 9.79. The van der Waals surface area contributed by atoms with Gasteiger partial charge in [0.1, 0.15) is 5.82 Å². The highest BCUT2D eigenvalue weighted by Gasteiger charge is 2.52. The Kier molecular flexibility index (Phi) is 4.32. The number of hydrogen-bond acceptors (Lipinski definition) is 5. The highest BCUT2D eigenvalue weighted by atomic mass is 16.7. The Morgan fingerprint density at radius 3 is 2.22 bits per heavy atom. The van der Waals surface area contributed by atoms with Gasteiger partial charge in [-0.2, -0.15) is 4.98 Å². The molecule has 2 aliphatic heterocycles. The van der Waals surface area contributed by atoms with Crippen molar-refractivity contribution in [3.05, 3.63) is 12.1 Å². The van der Waals surface area contributed by atoms with E-state index in [9.17, 15) is 0 Å². The topological polar surface area (TPSA) is 43.8 Å². The molecule has 0 saturated carbocycles. The van der Waals surface area contributed by atoms with Crippen molar-refractivity contribution in [3.8, 4) is 5.88 Å². The van der Waals surface area contributed by atoms with E-state index in [-0.39, 0.29) is 11.2 Å².